The van der Waals surface area contributed by atoms with Gasteiger partial charge in [0, 0.05) is 0 Å². The molecule has 0 spiro atoms. The molecule has 0 atom stereocenters. The highest BCUT2D eigenvalue weighted by Gasteiger charge is 2.11. The summed E-state index contributed by atoms with van der Waals surface area (Å²) in [5.74, 6) is 1.02. The average Bonchev–Trinajstić information content (AvgIpc) is 2.29. The number of hydrogen-bond acceptors (Lipinski definition) is 2. The van der Waals surface area contributed by atoms with Crippen molar-refractivity contribution in [2.45, 2.75) is 38.5 Å². The van der Waals surface area contributed by atoms with Crippen LogP contribution in [-0.4, -0.2) is 36.1 Å². The lowest BCUT2D eigenvalue weighted by atomic mass is 9.92. The fraction of sp³-hybridized carbons (Fsp3) is 1.00. The molecule has 1 fully saturated rings. The van der Waals surface area contributed by atoms with E-state index in [0.717, 1.165) is 10.5 Å². The van der Waals surface area contributed by atoms with Crippen LogP contribution in [0.4, 0.5) is 0 Å². The van der Waals surface area contributed by atoms with Gasteiger partial charge in [0.25, 0.3) is 0 Å². The van der Waals surface area contributed by atoms with E-state index in [2.05, 4.69) is 39.9 Å². The van der Waals surface area contributed by atoms with Crippen molar-refractivity contribution < 1.29 is 0 Å². The van der Waals surface area contributed by atoms with E-state index in [1.807, 2.05) is 0 Å². The first-order valence-corrected chi connectivity index (χ1v) is 7.80. The molecule has 2 nitrogen and oxygen atoms in total. The van der Waals surface area contributed by atoms with E-state index < -0.39 is 0 Å². The topological polar surface area (TPSA) is 15.3 Å². The van der Waals surface area contributed by atoms with Crippen LogP contribution in [-0.2, 0) is 0 Å². The highest BCUT2D eigenvalue weighted by molar-refractivity contribution is 14.1. The summed E-state index contributed by atoms with van der Waals surface area (Å²) in [5.41, 5.74) is 0. The number of piperidine rings is 1. The van der Waals surface area contributed by atoms with Crippen LogP contribution in [0.1, 0.15) is 38.5 Å². The molecule has 0 radical (unpaired) electrons. The molecule has 15 heavy (non-hydrogen) atoms. The van der Waals surface area contributed by atoms with Crippen LogP contribution in [0.3, 0.4) is 0 Å². The van der Waals surface area contributed by atoms with Crippen molar-refractivity contribution in [3.63, 3.8) is 0 Å². The van der Waals surface area contributed by atoms with Crippen LogP contribution in [0.5, 0.6) is 0 Å². The fourth-order valence-electron chi connectivity index (χ4n) is 2.22. The van der Waals surface area contributed by atoms with E-state index in [1.165, 1.54) is 58.2 Å². The molecule has 1 saturated heterocycles. The van der Waals surface area contributed by atoms with Crippen molar-refractivity contribution in [2.24, 2.45) is 5.92 Å². The molecule has 1 rings (SSSR count). The molecule has 0 aromatic heterocycles. The van der Waals surface area contributed by atoms with Gasteiger partial charge in [-0.15, -0.1) is 0 Å². The Bertz CT molecular complexity index is 147. The lowest BCUT2D eigenvalue weighted by molar-refractivity contribution is 0.333. The van der Waals surface area contributed by atoms with E-state index in [1.54, 1.807) is 0 Å². The van der Waals surface area contributed by atoms with Gasteiger partial charge in [-0.3, -0.25) is 4.90 Å². The molecule has 1 aliphatic rings. The molecule has 0 amide bonds. The maximum absolute atomic E-state index is 3.43. The molecular weight excluding hydrogens is 299 g/mol. The summed E-state index contributed by atoms with van der Waals surface area (Å²) in [6.45, 7) is 3.78. The Kier molecular flexibility index (Phi) is 8.01. The Morgan fingerprint density at radius 1 is 1.20 bits per heavy atom. The Labute approximate surface area is 108 Å². The lowest BCUT2D eigenvalue weighted by Gasteiger charge is -2.22. The van der Waals surface area contributed by atoms with Gasteiger partial charge < -0.3 is 5.32 Å². The summed E-state index contributed by atoms with van der Waals surface area (Å²) in [5, 5.41) is 3.43. The number of nitrogens with zero attached hydrogens (tertiary/aromatic N) is 1. The van der Waals surface area contributed by atoms with Gasteiger partial charge in [-0.25, -0.2) is 0 Å². The zero-order chi connectivity index (χ0) is 10.9. The molecule has 90 valence electrons. The average molecular weight is 324 g/mol. The summed E-state index contributed by atoms with van der Waals surface area (Å²) < 4.78 is 1.16. The zero-order valence-electron chi connectivity index (χ0n) is 9.97. The molecule has 0 aromatic carbocycles. The molecule has 0 aliphatic carbocycles. The fourth-order valence-corrected chi connectivity index (χ4v) is 2.56. The van der Waals surface area contributed by atoms with E-state index in [4.69, 9.17) is 0 Å². The Hall–Kier alpha value is 0.650. The Balaban J connectivity index is 1.87. The largest absolute Gasteiger partial charge is 0.317 e. The van der Waals surface area contributed by atoms with Crippen LogP contribution >= 0.6 is 22.6 Å². The molecule has 1 heterocycles. The van der Waals surface area contributed by atoms with Gasteiger partial charge in [0.15, 0.2) is 0 Å². The number of halogens is 1. The third-order valence-corrected chi connectivity index (χ3v) is 4.48. The monoisotopic (exact) mass is 324 g/mol. The molecule has 0 aromatic rings. The summed E-state index contributed by atoms with van der Waals surface area (Å²) in [4.78, 5) is 2.39. The number of unbranched alkanes of at least 4 members (excludes halogenated alkanes) is 2. The van der Waals surface area contributed by atoms with Crippen LogP contribution in [0.15, 0.2) is 0 Å². The summed E-state index contributed by atoms with van der Waals surface area (Å²) in [6.07, 6.45) is 8.53. The maximum Gasteiger partial charge on any atom is 0.0502 e. The Morgan fingerprint density at radius 2 is 1.93 bits per heavy atom. The van der Waals surface area contributed by atoms with Crippen LogP contribution in [0.25, 0.3) is 0 Å². The van der Waals surface area contributed by atoms with Crippen molar-refractivity contribution in [1.29, 1.82) is 0 Å². The SMILES string of the molecule is CN(CI)CCCCCC1CCNCC1. The first-order chi connectivity index (χ1) is 7.33. The molecule has 0 bridgehead atoms. The summed E-state index contributed by atoms with van der Waals surface area (Å²) >= 11 is 2.43. The molecule has 1 N–H and O–H groups in total. The van der Waals surface area contributed by atoms with Crippen molar-refractivity contribution in [3.8, 4) is 0 Å². The predicted molar refractivity (Wildman–Crippen MR) is 75.6 cm³/mol. The highest BCUT2D eigenvalue weighted by Crippen LogP contribution is 2.19. The molecular formula is C12H25IN2. The van der Waals surface area contributed by atoms with Gasteiger partial charge in [-0.2, -0.15) is 0 Å². The molecule has 3 heteroatoms. The van der Waals surface area contributed by atoms with Crippen molar-refractivity contribution >= 4 is 22.6 Å². The van der Waals surface area contributed by atoms with Gasteiger partial charge in [-0.1, -0.05) is 41.9 Å². The third kappa shape index (κ3) is 6.74. The molecule has 0 saturated carbocycles. The third-order valence-electron chi connectivity index (χ3n) is 3.31. The number of alkyl halides is 1. The van der Waals surface area contributed by atoms with Gasteiger partial charge in [0.2, 0.25) is 0 Å². The van der Waals surface area contributed by atoms with Crippen molar-refractivity contribution in [2.75, 3.05) is 31.2 Å². The van der Waals surface area contributed by atoms with E-state index in [-0.39, 0.29) is 0 Å². The van der Waals surface area contributed by atoms with Crippen molar-refractivity contribution in [1.82, 2.24) is 10.2 Å². The van der Waals surface area contributed by atoms with Crippen LogP contribution in [0, 0.1) is 5.92 Å². The Morgan fingerprint density at radius 3 is 2.60 bits per heavy atom. The number of rotatable bonds is 7. The standard InChI is InChI=1S/C12H25IN2/c1-15(11-13)10-4-2-3-5-12-6-8-14-9-7-12/h12,14H,2-11H2,1H3. The van der Waals surface area contributed by atoms with Gasteiger partial charge in [0.1, 0.15) is 0 Å². The van der Waals surface area contributed by atoms with Gasteiger partial charge in [-0.05, 0) is 51.9 Å². The van der Waals surface area contributed by atoms with Crippen molar-refractivity contribution in [3.05, 3.63) is 0 Å². The minimum absolute atomic E-state index is 1.02. The quantitative estimate of drug-likeness (QED) is 0.335. The number of hydrogen-bond donors (Lipinski definition) is 1. The number of nitrogens with one attached hydrogen (secondary N) is 1. The first kappa shape index (κ1) is 13.7. The normalized spacial score (nSPS) is 18.6. The molecule has 1 aliphatic heterocycles. The van der Waals surface area contributed by atoms with Gasteiger partial charge in [0.05, 0.1) is 4.55 Å². The zero-order valence-corrected chi connectivity index (χ0v) is 12.1. The minimum Gasteiger partial charge on any atom is -0.317 e. The predicted octanol–water partition coefficient (Wildman–Crippen LogP) is 2.87. The second-order valence-electron chi connectivity index (χ2n) is 4.74. The van der Waals surface area contributed by atoms with Gasteiger partial charge >= 0.3 is 0 Å². The molecule has 0 unspecified atom stereocenters. The summed E-state index contributed by atoms with van der Waals surface area (Å²) in [6, 6.07) is 0. The van der Waals surface area contributed by atoms with E-state index >= 15 is 0 Å². The lowest BCUT2D eigenvalue weighted by Crippen LogP contribution is -2.27. The maximum atomic E-state index is 3.43. The van der Waals surface area contributed by atoms with Crippen LogP contribution < -0.4 is 5.32 Å². The van der Waals surface area contributed by atoms with Crippen LogP contribution in [0.2, 0.25) is 0 Å². The van der Waals surface area contributed by atoms with E-state index in [9.17, 15) is 0 Å². The second kappa shape index (κ2) is 8.76. The van der Waals surface area contributed by atoms with E-state index in [0.29, 0.717) is 0 Å². The second-order valence-corrected chi connectivity index (χ2v) is 5.42. The highest BCUT2D eigenvalue weighted by atomic mass is 127. The minimum atomic E-state index is 1.02. The smallest absolute Gasteiger partial charge is 0.0502 e. The summed E-state index contributed by atoms with van der Waals surface area (Å²) in [7, 11) is 2.21. The first-order valence-electron chi connectivity index (χ1n) is 6.28.